The van der Waals surface area contributed by atoms with Crippen molar-refractivity contribution in [3.05, 3.63) is 22.4 Å². The molecule has 0 N–H and O–H groups in total. The van der Waals surface area contributed by atoms with Gasteiger partial charge in [-0.3, -0.25) is 19.4 Å². The van der Waals surface area contributed by atoms with E-state index in [9.17, 15) is 9.59 Å². The number of nitrogens with zero attached hydrogens (tertiary/aromatic N) is 4. The van der Waals surface area contributed by atoms with Gasteiger partial charge in [-0.1, -0.05) is 6.07 Å². The number of morpholine rings is 1. The molecule has 8 heteroatoms. The van der Waals surface area contributed by atoms with Crippen molar-refractivity contribution in [1.82, 2.24) is 19.6 Å². The molecular formula is C21H32N4O3S. The molecule has 3 fully saturated rings. The zero-order valence-corrected chi connectivity index (χ0v) is 18.1. The van der Waals surface area contributed by atoms with Gasteiger partial charge in [0.2, 0.25) is 11.8 Å². The second kappa shape index (κ2) is 9.55. The van der Waals surface area contributed by atoms with Gasteiger partial charge in [-0.05, 0) is 31.2 Å². The van der Waals surface area contributed by atoms with Crippen LogP contribution in [-0.4, -0.2) is 103 Å². The summed E-state index contributed by atoms with van der Waals surface area (Å²) in [6.45, 7) is 9.40. The number of carbonyl (C=O) groups excluding carboxylic acids is 2. The molecule has 2 amide bonds. The smallest absolute Gasteiger partial charge is 0.240 e. The summed E-state index contributed by atoms with van der Waals surface area (Å²) in [5.41, 5.74) is 0. The summed E-state index contributed by atoms with van der Waals surface area (Å²) in [4.78, 5) is 35.5. The van der Waals surface area contributed by atoms with E-state index in [-0.39, 0.29) is 23.9 Å². The molecule has 0 aliphatic carbocycles. The summed E-state index contributed by atoms with van der Waals surface area (Å²) >= 11 is 1.75. The largest absolute Gasteiger partial charge is 0.378 e. The van der Waals surface area contributed by atoms with E-state index in [0.717, 1.165) is 45.6 Å². The Bertz CT molecular complexity index is 684. The first-order chi connectivity index (χ1) is 14.1. The van der Waals surface area contributed by atoms with Crippen LogP contribution in [0.5, 0.6) is 0 Å². The van der Waals surface area contributed by atoms with Crippen molar-refractivity contribution < 1.29 is 14.3 Å². The van der Waals surface area contributed by atoms with Crippen LogP contribution in [0.15, 0.2) is 17.5 Å². The second-order valence-corrected chi connectivity index (χ2v) is 9.17. The highest BCUT2D eigenvalue weighted by Crippen LogP contribution is 2.35. The fraction of sp³-hybridized carbons (Fsp3) is 0.714. The predicted octanol–water partition coefficient (Wildman–Crippen LogP) is 1.28. The molecule has 3 aliphatic heterocycles. The highest BCUT2D eigenvalue weighted by Gasteiger charge is 2.36. The standard InChI is InChI=1S/C21H32N4O3S/c1-17(21(27)25-6-2-4-18(25)19-5-3-15-29-19)23-9-7-22(8-10-23)16-20(26)24-11-13-28-14-12-24/h3,5,15,17-18H,2,4,6-14,16H2,1H3. The lowest BCUT2D eigenvalue weighted by molar-refractivity contribution is -0.140. The van der Waals surface area contributed by atoms with E-state index in [0.29, 0.717) is 32.8 Å². The summed E-state index contributed by atoms with van der Waals surface area (Å²) in [5, 5.41) is 2.09. The van der Waals surface area contributed by atoms with Crippen LogP contribution in [0, 0.1) is 0 Å². The van der Waals surface area contributed by atoms with Crippen LogP contribution in [0.2, 0.25) is 0 Å². The Hall–Kier alpha value is -1.48. The molecule has 2 atom stereocenters. The third kappa shape index (κ3) is 4.82. The summed E-state index contributed by atoms with van der Waals surface area (Å²) in [7, 11) is 0. The van der Waals surface area contributed by atoms with Crippen molar-refractivity contribution in [2.45, 2.75) is 31.8 Å². The molecule has 7 nitrogen and oxygen atoms in total. The van der Waals surface area contributed by atoms with Gasteiger partial charge in [-0.25, -0.2) is 0 Å². The molecule has 0 radical (unpaired) electrons. The molecule has 4 rings (SSSR count). The van der Waals surface area contributed by atoms with Crippen LogP contribution in [0.3, 0.4) is 0 Å². The van der Waals surface area contributed by atoms with E-state index < -0.39 is 0 Å². The van der Waals surface area contributed by atoms with E-state index in [1.54, 1.807) is 11.3 Å². The Morgan fingerprint density at radius 2 is 1.90 bits per heavy atom. The minimum absolute atomic E-state index is 0.104. The minimum Gasteiger partial charge on any atom is -0.378 e. The van der Waals surface area contributed by atoms with Crippen LogP contribution in [0.25, 0.3) is 0 Å². The highest BCUT2D eigenvalue weighted by atomic mass is 32.1. The Balaban J connectivity index is 1.26. The molecule has 0 bridgehead atoms. The summed E-state index contributed by atoms with van der Waals surface area (Å²) < 4.78 is 5.33. The van der Waals surface area contributed by atoms with Gasteiger partial charge in [0.1, 0.15) is 0 Å². The molecule has 0 aromatic carbocycles. The van der Waals surface area contributed by atoms with Crippen molar-refractivity contribution in [3.8, 4) is 0 Å². The third-order valence-corrected chi connectivity index (χ3v) is 7.42. The zero-order chi connectivity index (χ0) is 20.2. The monoisotopic (exact) mass is 420 g/mol. The number of likely N-dealkylation sites (tertiary alicyclic amines) is 1. The molecule has 160 valence electrons. The molecule has 4 heterocycles. The normalized spacial score (nSPS) is 25.3. The molecule has 3 saturated heterocycles. The lowest BCUT2D eigenvalue weighted by Gasteiger charge is -2.39. The van der Waals surface area contributed by atoms with Crippen molar-refractivity contribution in [2.75, 3.05) is 65.6 Å². The Morgan fingerprint density at radius 1 is 1.14 bits per heavy atom. The average Bonchev–Trinajstić information content (AvgIpc) is 3.45. The first-order valence-electron chi connectivity index (χ1n) is 10.8. The van der Waals surface area contributed by atoms with Crippen molar-refractivity contribution in [3.63, 3.8) is 0 Å². The first-order valence-corrected chi connectivity index (χ1v) is 11.7. The maximum absolute atomic E-state index is 13.2. The quantitative estimate of drug-likeness (QED) is 0.718. The number of piperazine rings is 1. The number of hydrogen-bond donors (Lipinski definition) is 0. The van der Waals surface area contributed by atoms with Gasteiger partial charge in [0.25, 0.3) is 0 Å². The van der Waals surface area contributed by atoms with E-state index in [1.807, 2.05) is 11.8 Å². The highest BCUT2D eigenvalue weighted by molar-refractivity contribution is 7.10. The number of rotatable bonds is 5. The lowest BCUT2D eigenvalue weighted by Crippen LogP contribution is -2.56. The van der Waals surface area contributed by atoms with E-state index >= 15 is 0 Å². The molecular weight excluding hydrogens is 388 g/mol. The molecule has 1 aromatic rings. The zero-order valence-electron chi connectivity index (χ0n) is 17.3. The lowest BCUT2D eigenvalue weighted by atomic mass is 10.1. The Labute approximate surface area is 177 Å². The van der Waals surface area contributed by atoms with E-state index in [1.165, 1.54) is 4.88 Å². The van der Waals surface area contributed by atoms with Crippen LogP contribution in [0.1, 0.15) is 30.7 Å². The van der Waals surface area contributed by atoms with Crippen LogP contribution in [0.4, 0.5) is 0 Å². The number of thiophene rings is 1. The van der Waals surface area contributed by atoms with Crippen LogP contribution >= 0.6 is 11.3 Å². The van der Waals surface area contributed by atoms with Gasteiger partial charge < -0.3 is 14.5 Å². The Kier molecular flexibility index (Phi) is 6.85. The maximum atomic E-state index is 13.2. The van der Waals surface area contributed by atoms with Gasteiger partial charge in [0.15, 0.2) is 0 Å². The number of hydrogen-bond acceptors (Lipinski definition) is 6. The fourth-order valence-corrected chi connectivity index (χ4v) is 5.49. The summed E-state index contributed by atoms with van der Waals surface area (Å²) in [5.74, 6) is 0.445. The number of carbonyl (C=O) groups is 2. The van der Waals surface area contributed by atoms with Crippen molar-refractivity contribution >= 4 is 23.2 Å². The summed E-state index contributed by atoms with van der Waals surface area (Å²) in [6, 6.07) is 4.36. The predicted molar refractivity (Wildman–Crippen MR) is 113 cm³/mol. The fourth-order valence-electron chi connectivity index (χ4n) is 4.62. The van der Waals surface area contributed by atoms with Crippen LogP contribution < -0.4 is 0 Å². The number of amides is 2. The van der Waals surface area contributed by atoms with Crippen molar-refractivity contribution in [1.29, 1.82) is 0 Å². The van der Waals surface area contributed by atoms with Gasteiger partial charge >= 0.3 is 0 Å². The third-order valence-electron chi connectivity index (χ3n) is 6.44. The van der Waals surface area contributed by atoms with Gasteiger partial charge in [-0.15, -0.1) is 11.3 Å². The van der Waals surface area contributed by atoms with Crippen LogP contribution in [-0.2, 0) is 14.3 Å². The maximum Gasteiger partial charge on any atom is 0.240 e. The Morgan fingerprint density at radius 3 is 2.59 bits per heavy atom. The molecule has 29 heavy (non-hydrogen) atoms. The topological polar surface area (TPSA) is 56.3 Å². The van der Waals surface area contributed by atoms with E-state index in [2.05, 4.69) is 32.2 Å². The SMILES string of the molecule is CC(C(=O)N1CCCC1c1cccs1)N1CCN(CC(=O)N2CCOCC2)CC1. The molecule has 0 saturated carbocycles. The van der Waals surface area contributed by atoms with Gasteiger partial charge in [0.05, 0.1) is 31.8 Å². The molecule has 2 unspecified atom stereocenters. The first kappa shape index (κ1) is 20.8. The second-order valence-electron chi connectivity index (χ2n) is 8.19. The van der Waals surface area contributed by atoms with Crippen molar-refractivity contribution in [2.24, 2.45) is 0 Å². The number of ether oxygens (including phenoxy) is 1. The average molecular weight is 421 g/mol. The molecule has 0 spiro atoms. The summed E-state index contributed by atoms with van der Waals surface area (Å²) in [6.07, 6.45) is 2.15. The molecule has 3 aliphatic rings. The molecule has 1 aromatic heterocycles. The minimum atomic E-state index is -0.104. The van der Waals surface area contributed by atoms with Gasteiger partial charge in [0, 0.05) is 50.7 Å². The van der Waals surface area contributed by atoms with E-state index in [4.69, 9.17) is 4.74 Å². The van der Waals surface area contributed by atoms with Gasteiger partial charge in [-0.2, -0.15) is 0 Å².